The number of urea groups is 1. The fourth-order valence-corrected chi connectivity index (χ4v) is 3.56. The molecule has 116 valence electrons. The van der Waals surface area contributed by atoms with Gasteiger partial charge in [0.1, 0.15) is 0 Å². The number of nitrogens with one attached hydrogen (secondary N) is 2. The third kappa shape index (κ3) is 5.47. The zero-order valence-electron chi connectivity index (χ0n) is 12.6. The summed E-state index contributed by atoms with van der Waals surface area (Å²) < 4.78 is 0. The van der Waals surface area contributed by atoms with Crippen LogP contribution in [0.1, 0.15) is 25.1 Å². The lowest BCUT2D eigenvalue weighted by atomic mass is 9.92. The molecule has 21 heavy (non-hydrogen) atoms. The fraction of sp³-hybridized carbons (Fsp3) is 0.600. The van der Waals surface area contributed by atoms with E-state index >= 15 is 0 Å². The summed E-state index contributed by atoms with van der Waals surface area (Å²) in [6.45, 7) is 7.00. The van der Waals surface area contributed by atoms with Gasteiger partial charge in [-0.1, -0.05) is 19.9 Å². The van der Waals surface area contributed by atoms with E-state index in [1.807, 2.05) is 17.5 Å². The topological polar surface area (TPSA) is 61.4 Å². The van der Waals surface area contributed by atoms with Gasteiger partial charge >= 0.3 is 6.03 Å². The molecule has 6 heteroatoms. The Hall–Kier alpha value is -1.40. The molecule has 0 unspecified atom stereocenters. The zero-order valence-corrected chi connectivity index (χ0v) is 13.4. The summed E-state index contributed by atoms with van der Waals surface area (Å²) >= 11 is 1.58. The quantitative estimate of drug-likeness (QED) is 0.895. The Kier molecular flexibility index (Phi) is 5.76. The van der Waals surface area contributed by atoms with Gasteiger partial charge in [-0.25, -0.2) is 4.79 Å². The van der Waals surface area contributed by atoms with Crippen LogP contribution >= 0.6 is 11.3 Å². The first-order chi connectivity index (χ1) is 10.0. The summed E-state index contributed by atoms with van der Waals surface area (Å²) in [5.74, 6) is 0.975. The van der Waals surface area contributed by atoms with Gasteiger partial charge in [-0.15, -0.1) is 11.3 Å². The van der Waals surface area contributed by atoms with Gasteiger partial charge < -0.3 is 5.32 Å². The molecule has 2 rings (SSSR count). The Morgan fingerprint density at radius 1 is 1.33 bits per heavy atom. The number of imide groups is 1. The van der Waals surface area contributed by atoms with Crippen LogP contribution < -0.4 is 10.6 Å². The summed E-state index contributed by atoms with van der Waals surface area (Å²) in [7, 11) is 0. The summed E-state index contributed by atoms with van der Waals surface area (Å²) in [6, 6.07) is 3.46. The largest absolute Gasteiger partial charge is 0.333 e. The normalized spacial score (nSPS) is 22.8. The minimum absolute atomic E-state index is 0.236. The predicted molar refractivity (Wildman–Crippen MR) is 84.1 cm³/mol. The second kappa shape index (κ2) is 7.56. The van der Waals surface area contributed by atoms with Gasteiger partial charge in [0.25, 0.3) is 0 Å². The van der Waals surface area contributed by atoms with Crippen molar-refractivity contribution in [3.63, 3.8) is 0 Å². The smallest absolute Gasteiger partial charge is 0.321 e. The lowest BCUT2D eigenvalue weighted by Crippen LogP contribution is -2.47. The fourth-order valence-electron chi connectivity index (χ4n) is 2.92. The van der Waals surface area contributed by atoms with Gasteiger partial charge in [-0.05, 0) is 29.7 Å². The second-order valence-corrected chi connectivity index (χ2v) is 6.98. The van der Waals surface area contributed by atoms with Crippen molar-refractivity contribution < 1.29 is 9.59 Å². The van der Waals surface area contributed by atoms with E-state index in [2.05, 4.69) is 29.4 Å². The van der Waals surface area contributed by atoms with E-state index in [9.17, 15) is 9.59 Å². The van der Waals surface area contributed by atoms with E-state index in [1.54, 1.807) is 11.3 Å². The minimum Gasteiger partial charge on any atom is -0.333 e. The maximum absolute atomic E-state index is 11.9. The van der Waals surface area contributed by atoms with Crippen molar-refractivity contribution >= 4 is 23.3 Å². The molecule has 3 amide bonds. The molecule has 0 aliphatic carbocycles. The first-order valence-corrected chi connectivity index (χ1v) is 8.23. The van der Waals surface area contributed by atoms with Crippen LogP contribution in [0.25, 0.3) is 0 Å². The number of nitrogens with zero attached hydrogens (tertiary/aromatic N) is 1. The van der Waals surface area contributed by atoms with Crippen molar-refractivity contribution in [1.82, 2.24) is 15.5 Å². The molecule has 1 aliphatic rings. The molecule has 5 nitrogen and oxygen atoms in total. The number of hydrogen-bond acceptors (Lipinski definition) is 4. The van der Waals surface area contributed by atoms with Gasteiger partial charge in [0.15, 0.2) is 0 Å². The van der Waals surface area contributed by atoms with Crippen LogP contribution in [-0.2, 0) is 11.3 Å². The molecular formula is C15H23N3O2S. The molecule has 1 saturated heterocycles. The van der Waals surface area contributed by atoms with Gasteiger partial charge in [-0.2, -0.15) is 0 Å². The molecule has 1 aliphatic heterocycles. The highest BCUT2D eigenvalue weighted by molar-refractivity contribution is 7.09. The van der Waals surface area contributed by atoms with Crippen molar-refractivity contribution in [2.24, 2.45) is 11.8 Å². The van der Waals surface area contributed by atoms with Crippen LogP contribution in [0.2, 0.25) is 0 Å². The summed E-state index contributed by atoms with van der Waals surface area (Å²) in [5.41, 5.74) is 0. The average Bonchev–Trinajstić information content (AvgIpc) is 2.87. The number of carbonyl (C=O) groups excluding carboxylic acids is 2. The third-order valence-electron chi connectivity index (χ3n) is 3.57. The van der Waals surface area contributed by atoms with Crippen molar-refractivity contribution in [2.45, 2.75) is 26.8 Å². The Labute approximate surface area is 129 Å². The van der Waals surface area contributed by atoms with Crippen molar-refractivity contribution in [2.75, 3.05) is 19.6 Å². The molecule has 0 aromatic carbocycles. The van der Waals surface area contributed by atoms with E-state index < -0.39 is 6.03 Å². The first-order valence-electron chi connectivity index (χ1n) is 7.35. The second-order valence-electron chi connectivity index (χ2n) is 5.95. The molecule has 1 fully saturated rings. The lowest BCUT2D eigenvalue weighted by molar-refractivity contribution is -0.121. The van der Waals surface area contributed by atoms with Gasteiger partial charge in [-0.3, -0.25) is 15.0 Å². The molecule has 2 heterocycles. The SMILES string of the molecule is C[C@H]1C[C@H](C)CN(CC(=O)NC(=O)NCc2cccs2)C1. The third-order valence-corrected chi connectivity index (χ3v) is 4.44. The maximum atomic E-state index is 11.9. The van der Waals surface area contributed by atoms with Crippen molar-refractivity contribution in [1.29, 1.82) is 0 Å². The highest BCUT2D eigenvalue weighted by atomic mass is 32.1. The Morgan fingerprint density at radius 2 is 2.05 bits per heavy atom. The summed E-state index contributed by atoms with van der Waals surface area (Å²) in [5, 5.41) is 7.04. The van der Waals surface area contributed by atoms with Crippen molar-refractivity contribution in [3.05, 3.63) is 22.4 Å². The van der Waals surface area contributed by atoms with Crippen LogP contribution in [0, 0.1) is 11.8 Å². The number of piperidine rings is 1. The molecule has 0 bridgehead atoms. The Bertz CT molecular complexity index is 465. The predicted octanol–water partition coefficient (Wildman–Crippen LogP) is 2.05. The van der Waals surface area contributed by atoms with E-state index in [1.165, 1.54) is 6.42 Å². The van der Waals surface area contributed by atoms with Gasteiger partial charge in [0.05, 0.1) is 13.1 Å². The van der Waals surface area contributed by atoms with Crippen molar-refractivity contribution in [3.8, 4) is 0 Å². The van der Waals surface area contributed by atoms with E-state index in [-0.39, 0.29) is 5.91 Å². The number of thiophene rings is 1. The number of likely N-dealkylation sites (tertiary alicyclic amines) is 1. The van der Waals surface area contributed by atoms with E-state index in [4.69, 9.17) is 0 Å². The zero-order chi connectivity index (χ0) is 15.2. The first kappa shape index (κ1) is 16.0. The highest BCUT2D eigenvalue weighted by Crippen LogP contribution is 2.20. The average molecular weight is 309 g/mol. The van der Waals surface area contributed by atoms with Crippen LogP contribution in [0.3, 0.4) is 0 Å². The molecule has 0 spiro atoms. The van der Waals surface area contributed by atoms with Gasteiger partial charge in [0.2, 0.25) is 5.91 Å². The lowest BCUT2D eigenvalue weighted by Gasteiger charge is -2.34. The van der Waals surface area contributed by atoms with E-state index in [0.29, 0.717) is 24.9 Å². The number of amides is 3. The molecule has 2 N–H and O–H groups in total. The molecular weight excluding hydrogens is 286 g/mol. The molecule has 0 radical (unpaired) electrons. The highest BCUT2D eigenvalue weighted by Gasteiger charge is 2.23. The molecule has 2 atom stereocenters. The van der Waals surface area contributed by atoms with Crippen LogP contribution in [0.5, 0.6) is 0 Å². The number of rotatable bonds is 4. The Balaban J connectivity index is 1.69. The van der Waals surface area contributed by atoms with E-state index in [0.717, 1.165) is 18.0 Å². The molecule has 1 aromatic rings. The molecule has 1 aromatic heterocycles. The standard InChI is InChI=1S/C15H23N3O2S/c1-11-6-12(2)9-18(8-11)10-14(19)17-15(20)16-7-13-4-3-5-21-13/h3-5,11-12H,6-10H2,1-2H3,(H2,16,17,19,20)/t11-,12-/m0/s1. The summed E-state index contributed by atoms with van der Waals surface area (Å²) in [4.78, 5) is 26.7. The minimum atomic E-state index is -0.425. The molecule has 0 saturated carbocycles. The Morgan fingerprint density at radius 3 is 2.67 bits per heavy atom. The maximum Gasteiger partial charge on any atom is 0.321 e. The number of hydrogen-bond donors (Lipinski definition) is 2. The summed E-state index contributed by atoms with van der Waals surface area (Å²) in [6.07, 6.45) is 1.21. The van der Waals surface area contributed by atoms with Crippen LogP contribution in [-0.4, -0.2) is 36.5 Å². The van der Waals surface area contributed by atoms with Gasteiger partial charge in [0, 0.05) is 18.0 Å². The van der Waals surface area contributed by atoms with Crippen LogP contribution in [0.15, 0.2) is 17.5 Å². The number of carbonyl (C=O) groups is 2. The van der Waals surface area contributed by atoms with Crippen LogP contribution in [0.4, 0.5) is 4.79 Å². The monoisotopic (exact) mass is 309 g/mol.